The molecule has 2 aromatic rings. The first kappa shape index (κ1) is 10.9. The number of thiophene rings is 1. The van der Waals surface area contributed by atoms with Crippen molar-refractivity contribution in [3.63, 3.8) is 0 Å². The van der Waals surface area contributed by atoms with Crippen LogP contribution in [0.1, 0.15) is 5.89 Å². The Morgan fingerprint density at radius 1 is 1.35 bits per heavy atom. The zero-order valence-corrected chi connectivity index (χ0v) is 10.2. The molecule has 6 heteroatoms. The second-order valence-electron chi connectivity index (χ2n) is 4.00. The highest BCUT2D eigenvalue weighted by atomic mass is 32.1. The molecular formula is C11H14N4OS. The maximum Gasteiger partial charge on any atom is 0.257 e. The molecule has 17 heavy (non-hydrogen) atoms. The third kappa shape index (κ3) is 2.54. The molecule has 0 amide bonds. The number of nitrogens with zero attached hydrogens (tertiary/aromatic N) is 3. The summed E-state index contributed by atoms with van der Waals surface area (Å²) < 4.78 is 5.66. The van der Waals surface area contributed by atoms with Gasteiger partial charge in [0.2, 0.25) is 5.89 Å². The van der Waals surface area contributed by atoms with Crippen LogP contribution in [0.15, 0.2) is 21.9 Å². The van der Waals surface area contributed by atoms with Gasteiger partial charge in [-0.2, -0.15) is 0 Å². The number of aromatic nitrogens is 2. The van der Waals surface area contributed by atoms with E-state index in [2.05, 4.69) is 20.4 Å². The Hall–Kier alpha value is -1.24. The van der Waals surface area contributed by atoms with Gasteiger partial charge < -0.3 is 9.73 Å². The smallest absolute Gasteiger partial charge is 0.257 e. The van der Waals surface area contributed by atoms with Crippen LogP contribution in [0.4, 0.5) is 0 Å². The van der Waals surface area contributed by atoms with Crippen LogP contribution in [-0.2, 0) is 6.54 Å². The van der Waals surface area contributed by atoms with Crippen molar-refractivity contribution in [1.29, 1.82) is 0 Å². The van der Waals surface area contributed by atoms with E-state index in [1.54, 1.807) is 11.3 Å². The molecule has 5 nitrogen and oxygen atoms in total. The maximum absolute atomic E-state index is 5.66. The number of hydrogen-bond acceptors (Lipinski definition) is 6. The fourth-order valence-electron chi connectivity index (χ4n) is 1.88. The molecule has 3 rings (SSSR count). The molecule has 1 aliphatic rings. The van der Waals surface area contributed by atoms with Crippen LogP contribution >= 0.6 is 11.3 Å². The van der Waals surface area contributed by atoms with Gasteiger partial charge in [0, 0.05) is 26.2 Å². The van der Waals surface area contributed by atoms with E-state index < -0.39 is 0 Å². The molecule has 1 saturated heterocycles. The summed E-state index contributed by atoms with van der Waals surface area (Å²) >= 11 is 1.62. The molecule has 3 heterocycles. The Bertz CT molecular complexity index is 462. The predicted molar refractivity (Wildman–Crippen MR) is 65.8 cm³/mol. The first-order chi connectivity index (χ1) is 8.42. The lowest BCUT2D eigenvalue weighted by Crippen LogP contribution is -2.42. The Morgan fingerprint density at radius 2 is 2.24 bits per heavy atom. The first-order valence-corrected chi connectivity index (χ1v) is 6.59. The van der Waals surface area contributed by atoms with E-state index >= 15 is 0 Å². The second-order valence-corrected chi connectivity index (χ2v) is 4.95. The lowest BCUT2D eigenvalue weighted by atomic mass is 10.3. The Morgan fingerprint density at radius 3 is 3.00 bits per heavy atom. The van der Waals surface area contributed by atoms with Gasteiger partial charge in [-0.05, 0) is 11.4 Å². The molecule has 0 bridgehead atoms. The summed E-state index contributed by atoms with van der Waals surface area (Å²) in [4.78, 5) is 3.35. The largest absolute Gasteiger partial charge is 0.419 e. The molecule has 0 aliphatic carbocycles. The summed E-state index contributed by atoms with van der Waals surface area (Å²) in [7, 11) is 0. The van der Waals surface area contributed by atoms with Crippen LogP contribution in [-0.4, -0.2) is 41.3 Å². The van der Waals surface area contributed by atoms with E-state index in [1.807, 2.05) is 17.5 Å². The average molecular weight is 250 g/mol. The van der Waals surface area contributed by atoms with Crippen molar-refractivity contribution < 1.29 is 4.42 Å². The van der Waals surface area contributed by atoms with Gasteiger partial charge in [-0.1, -0.05) is 6.07 Å². The number of hydrogen-bond donors (Lipinski definition) is 1. The first-order valence-electron chi connectivity index (χ1n) is 5.71. The predicted octanol–water partition coefficient (Wildman–Crippen LogP) is 1.20. The minimum atomic E-state index is 0.630. The molecule has 0 radical (unpaired) electrons. The van der Waals surface area contributed by atoms with Crippen molar-refractivity contribution in [3.05, 3.63) is 23.4 Å². The normalized spacial score (nSPS) is 17.4. The van der Waals surface area contributed by atoms with E-state index in [1.165, 1.54) is 0 Å². The summed E-state index contributed by atoms with van der Waals surface area (Å²) in [6, 6.07) is 3.98. The molecule has 0 aromatic carbocycles. The third-order valence-corrected chi connectivity index (χ3v) is 3.63. The number of piperazine rings is 1. The minimum absolute atomic E-state index is 0.630. The fraction of sp³-hybridized carbons (Fsp3) is 0.455. The lowest BCUT2D eigenvalue weighted by molar-refractivity contribution is 0.213. The zero-order valence-electron chi connectivity index (χ0n) is 9.43. The van der Waals surface area contributed by atoms with Crippen LogP contribution in [0.3, 0.4) is 0 Å². The van der Waals surface area contributed by atoms with Crippen molar-refractivity contribution in [2.45, 2.75) is 6.54 Å². The van der Waals surface area contributed by atoms with E-state index in [4.69, 9.17) is 4.42 Å². The molecule has 1 N–H and O–H groups in total. The van der Waals surface area contributed by atoms with Crippen LogP contribution < -0.4 is 5.32 Å². The average Bonchev–Trinajstić information content (AvgIpc) is 3.00. The van der Waals surface area contributed by atoms with E-state index in [0.717, 1.165) is 37.6 Å². The van der Waals surface area contributed by atoms with Gasteiger partial charge in [0.25, 0.3) is 5.89 Å². The van der Waals surface area contributed by atoms with Crippen LogP contribution in [0.25, 0.3) is 10.8 Å². The van der Waals surface area contributed by atoms with Crippen LogP contribution in [0, 0.1) is 0 Å². The number of nitrogens with one attached hydrogen (secondary N) is 1. The van der Waals surface area contributed by atoms with Crippen LogP contribution in [0.5, 0.6) is 0 Å². The molecule has 0 atom stereocenters. The van der Waals surface area contributed by atoms with E-state index in [-0.39, 0.29) is 0 Å². The van der Waals surface area contributed by atoms with Gasteiger partial charge in [0.1, 0.15) is 0 Å². The molecule has 1 aliphatic heterocycles. The monoisotopic (exact) mass is 250 g/mol. The molecular weight excluding hydrogens is 236 g/mol. The summed E-state index contributed by atoms with van der Waals surface area (Å²) in [5.74, 6) is 1.33. The highest BCUT2D eigenvalue weighted by molar-refractivity contribution is 7.13. The fourth-order valence-corrected chi connectivity index (χ4v) is 2.52. The Balaban J connectivity index is 1.68. The lowest BCUT2D eigenvalue weighted by Gasteiger charge is -2.25. The summed E-state index contributed by atoms with van der Waals surface area (Å²) in [6.45, 7) is 4.89. The summed E-state index contributed by atoms with van der Waals surface area (Å²) in [5.41, 5.74) is 0. The molecule has 2 aromatic heterocycles. The third-order valence-electron chi connectivity index (χ3n) is 2.77. The topological polar surface area (TPSA) is 54.2 Å². The molecule has 1 fully saturated rings. The highest BCUT2D eigenvalue weighted by Crippen LogP contribution is 2.23. The minimum Gasteiger partial charge on any atom is -0.419 e. The Kier molecular flexibility index (Phi) is 3.17. The standard InChI is InChI=1S/C11H14N4OS/c1-2-9(17-7-1)11-14-13-10(16-11)8-15-5-3-12-4-6-15/h1-2,7,12H,3-6,8H2. The molecule has 0 saturated carbocycles. The van der Waals surface area contributed by atoms with Crippen molar-refractivity contribution in [3.8, 4) is 10.8 Å². The highest BCUT2D eigenvalue weighted by Gasteiger charge is 2.14. The zero-order chi connectivity index (χ0) is 11.5. The van der Waals surface area contributed by atoms with Crippen LogP contribution in [0.2, 0.25) is 0 Å². The second kappa shape index (κ2) is 4.95. The maximum atomic E-state index is 5.66. The van der Waals surface area contributed by atoms with Gasteiger partial charge in [-0.25, -0.2) is 0 Å². The molecule has 90 valence electrons. The summed E-state index contributed by atoms with van der Waals surface area (Å²) in [6.07, 6.45) is 0. The van der Waals surface area contributed by atoms with Gasteiger partial charge in [0.15, 0.2) is 0 Å². The van der Waals surface area contributed by atoms with Crippen molar-refractivity contribution >= 4 is 11.3 Å². The van der Waals surface area contributed by atoms with Crippen molar-refractivity contribution in [2.75, 3.05) is 26.2 Å². The quantitative estimate of drug-likeness (QED) is 0.887. The van der Waals surface area contributed by atoms with E-state index in [0.29, 0.717) is 11.8 Å². The van der Waals surface area contributed by atoms with Crippen molar-refractivity contribution in [2.24, 2.45) is 0 Å². The van der Waals surface area contributed by atoms with Crippen molar-refractivity contribution in [1.82, 2.24) is 20.4 Å². The van der Waals surface area contributed by atoms with Gasteiger partial charge in [0.05, 0.1) is 11.4 Å². The number of rotatable bonds is 3. The summed E-state index contributed by atoms with van der Waals surface area (Å²) in [5, 5.41) is 13.5. The molecule has 0 spiro atoms. The van der Waals surface area contributed by atoms with Gasteiger partial charge in [-0.3, -0.25) is 4.90 Å². The van der Waals surface area contributed by atoms with Gasteiger partial charge >= 0.3 is 0 Å². The van der Waals surface area contributed by atoms with E-state index in [9.17, 15) is 0 Å². The van der Waals surface area contributed by atoms with Gasteiger partial charge in [-0.15, -0.1) is 21.5 Å². The SMILES string of the molecule is c1csc(-c2nnc(CN3CCNCC3)o2)c1. The Labute approximate surface area is 103 Å². The molecule has 0 unspecified atom stereocenters.